The second-order valence-electron chi connectivity index (χ2n) is 3.60. The maximum absolute atomic E-state index is 10.8. The molecule has 0 saturated carbocycles. The Hall–Kier alpha value is -1.33. The molecule has 1 N–H and O–H groups in total. The molecule has 0 bridgehead atoms. The number of nitro groups is 1. The van der Waals surface area contributed by atoms with E-state index in [0.29, 0.717) is 11.6 Å². The summed E-state index contributed by atoms with van der Waals surface area (Å²) in [4.78, 5) is 10.3. The normalized spacial score (nSPS) is 19.7. The van der Waals surface area contributed by atoms with Crippen molar-refractivity contribution in [3.8, 4) is 5.75 Å². The third-order valence-electron chi connectivity index (χ3n) is 2.43. The highest BCUT2D eigenvalue weighted by Crippen LogP contribution is 2.31. The Morgan fingerprint density at radius 2 is 2.38 bits per heavy atom. The third-order valence-corrected chi connectivity index (χ3v) is 2.66. The van der Waals surface area contributed by atoms with E-state index in [1.54, 1.807) is 0 Å². The maximum Gasteiger partial charge on any atom is 0.311 e. The second kappa shape index (κ2) is 4.67. The van der Waals surface area contributed by atoms with Gasteiger partial charge in [0.05, 0.1) is 4.92 Å². The molecule has 0 aromatic heterocycles. The number of nitro benzene ring substituents is 1. The van der Waals surface area contributed by atoms with Gasteiger partial charge >= 0.3 is 5.69 Å². The Balaban J connectivity index is 2.22. The van der Waals surface area contributed by atoms with Gasteiger partial charge < -0.3 is 10.1 Å². The minimum atomic E-state index is -0.464. The quantitative estimate of drug-likeness (QED) is 0.650. The maximum atomic E-state index is 10.8. The van der Waals surface area contributed by atoms with Crippen LogP contribution in [0.25, 0.3) is 0 Å². The highest BCUT2D eigenvalue weighted by Gasteiger charge is 2.21. The van der Waals surface area contributed by atoms with Crippen molar-refractivity contribution in [2.24, 2.45) is 0 Å². The van der Waals surface area contributed by atoms with Gasteiger partial charge in [-0.1, -0.05) is 11.6 Å². The van der Waals surface area contributed by atoms with E-state index in [1.807, 2.05) is 0 Å². The first-order valence-electron chi connectivity index (χ1n) is 4.98. The van der Waals surface area contributed by atoms with E-state index in [4.69, 9.17) is 16.3 Å². The molecule has 16 heavy (non-hydrogen) atoms. The van der Waals surface area contributed by atoms with Crippen molar-refractivity contribution in [2.45, 2.75) is 12.5 Å². The summed E-state index contributed by atoms with van der Waals surface area (Å²) in [6.45, 7) is 1.59. The van der Waals surface area contributed by atoms with Gasteiger partial charge in [-0.25, -0.2) is 0 Å². The molecule has 0 unspecified atom stereocenters. The van der Waals surface area contributed by atoms with Gasteiger partial charge in [0, 0.05) is 23.7 Å². The molecule has 1 saturated heterocycles. The molecule has 0 spiro atoms. The number of halogens is 1. The summed E-state index contributed by atoms with van der Waals surface area (Å²) in [6.07, 6.45) is 0.834. The molecule has 0 radical (unpaired) electrons. The standard InChI is InChI=1S/C10H11ClN2O3/c11-7-1-2-9(13(14)15)10(5-7)16-8-3-4-12-6-8/h1-2,5,8,12H,3-4,6H2/t8-/m1/s1. The van der Waals surface area contributed by atoms with E-state index < -0.39 is 4.92 Å². The summed E-state index contributed by atoms with van der Waals surface area (Å²) < 4.78 is 5.56. The molecule has 5 nitrogen and oxygen atoms in total. The summed E-state index contributed by atoms with van der Waals surface area (Å²) in [7, 11) is 0. The van der Waals surface area contributed by atoms with Crippen molar-refractivity contribution in [3.63, 3.8) is 0 Å². The molecule has 2 rings (SSSR count). The first-order valence-corrected chi connectivity index (χ1v) is 5.36. The Labute approximate surface area is 97.5 Å². The van der Waals surface area contributed by atoms with Crippen molar-refractivity contribution in [1.29, 1.82) is 0 Å². The Kier molecular flexibility index (Phi) is 3.26. The van der Waals surface area contributed by atoms with Crippen molar-refractivity contribution < 1.29 is 9.66 Å². The number of rotatable bonds is 3. The van der Waals surface area contributed by atoms with Crippen LogP contribution in [-0.4, -0.2) is 24.1 Å². The average Bonchev–Trinajstić information content (AvgIpc) is 2.70. The largest absolute Gasteiger partial charge is 0.482 e. The van der Waals surface area contributed by atoms with Crippen LogP contribution in [0.1, 0.15) is 6.42 Å². The lowest BCUT2D eigenvalue weighted by Crippen LogP contribution is -2.20. The van der Waals surface area contributed by atoms with Crippen LogP contribution in [0, 0.1) is 10.1 Å². The SMILES string of the molecule is O=[N+]([O-])c1ccc(Cl)cc1O[C@@H]1CCNC1. The molecule has 0 amide bonds. The fourth-order valence-corrected chi connectivity index (χ4v) is 1.80. The summed E-state index contributed by atoms with van der Waals surface area (Å²) in [5, 5.41) is 14.3. The lowest BCUT2D eigenvalue weighted by Gasteiger charge is -2.12. The molecular weight excluding hydrogens is 232 g/mol. The molecule has 1 fully saturated rings. The number of nitrogens with zero attached hydrogens (tertiary/aromatic N) is 1. The Morgan fingerprint density at radius 3 is 3.00 bits per heavy atom. The van der Waals surface area contributed by atoms with Gasteiger partial charge in [-0.15, -0.1) is 0 Å². The predicted molar refractivity (Wildman–Crippen MR) is 60.0 cm³/mol. The van der Waals surface area contributed by atoms with Crippen LogP contribution in [-0.2, 0) is 0 Å². The molecule has 1 aromatic rings. The first kappa shape index (κ1) is 11.2. The van der Waals surface area contributed by atoms with Crippen LogP contribution in [0.2, 0.25) is 5.02 Å². The Morgan fingerprint density at radius 1 is 1.56 bits per heavy atom. The second-order valence-corrected chi connectivity index (χ2v) is 4.04. The van der Waals surface area contributed by atoms with Gasteiger partial charge in [-0.2, -0.15) is 0 Å². The fraction of sp³-hybridized carbons (Fsp3) is 0.400. The minimum absolute atomic E-state index is 0.0165. The lowest BCUT2D eigenvalue weighted by atomic mass is 10.2. The monoisotopic (exact) mass is 242 g/mol. The van der Waals surface area contributed by atoms with Crippen molar-refractivity contribution in [2.75, 3.05) is 13.1 Å². The number of hydrogen-bond donors (Lipinski definition) is 1. The van der Waals surface area contributed by atoms with Crippen molar-refractivity contribution >= 4 is 17.3 Å². The number of ether oxygens (including phenoxy) is 1. The highest BCUT2D eigenvalue weighted by molar-refractivity contribution is 6.30. The van der Waals surface area contributed by atoms with Crippen LogP contribution in [0.3, 0.4) is 0 Å². The molecule has 0 aliphatic carbocycles. The lowest BCUT2D eigenvalue weighted by molar-refractivity contribution is -0.386. The smallest absolute Gasteiger partial charge is 0.311 e. The summed E-state index contributed by atoms with van der Waals surface area (Å²) >= 11 is 5.79. The van der Waals surface area contributed by atoms with Crippen LogP contribution in [0.4, 0.5) is 5.69 Å². The zero-order chi connectivity index (χ0) is 11.5. The van der Waals surface area contributed by atoms with Crippen LogP contribution >= 0.6 is 11.6 Å². The van der Waals surface area contributed by atoms with E-state index in [-0.39, 0.29) is 17.5 Å². The van der Waals surface area contributed by atoms with Crippen molar-refractivity contribution in [1.82, 2.24) is 5.32 Å². The van der Waals surface area contributed by atoms with Crippen LogP contribution in [0.5, 0.6) is 5.75 Å². The van der Waals surface area contributed by atoms with E-state index >= 15 is 0 Å². The highest BCUT2D eigenvalue weighted by atomic mass is 35.5. The molecule has 1 aliphatic rings. The molecule has 86 valence electrons. The van der Waals surface area contributed by atoms with E-state index in [9.17, 15) is 10.1 Å². The molecule has 1 heterocycles. The number of benzene rings is 1. The van der Waals surface area contributed by atoms with Crippen LogP contribution in [0.15, 0.2) is 18.2 Å². The molecule has 1 atom stereocenters. The molecule has 1 aromatic carbocycles. The van der Waals surface area contributed by atoms with Crippen molar-refractivity contribution in [3.05, 3.63) is 33.3 Å². The van der Waals surface area contributed by atoms with E-state index in [1.165, 1.54) is 18.2 Å². The molecule has 1 aliphatic heterocycles. The summed E-state index contributed by atoms with van der Waals surface area (Å²) in [5.74, 6) is 0.242. The van der Waals surface area contributed by atoms with Gasteiger partial charge in [-0.05, 0) is 19.0 Å². The van der Waals surface area contributed by atoms with Gasteiger partial charge in [0.2, 0.25) is 0 Å². The first-order chi connectivity index (χ1) is 7.66. The number of hydrogen-bond acceptors (Lipinski definition) is 4. The number of nitrogens with one attached hydrogen (secondary N) is 1. The Bertz CT molecular complexity index is 405. The van der Waals surface area contributed by atoms with Gasteiger partial charge in [-0.3, -0.25) is 10.1 Å². The zero-order valence-corrected chi connectivity index (χ0v) is 9.24. The topological polar surface area (TPSA) is 64.4 Å². The third kappa shape index (κ3) is 2.43. The zero-order valence-electron chi connectivity index (χ0n) is 8.48. The van der Waals surface area contributed by atoms with Gasteiger partial charge in [0.1, 0.15) is 6.10 Å². The summed E-state index contributed by atoms with van der Waals surface area (Å²) in [6, 6.07) is 4.33. The summed E-state index contributed by atoms with van der Waals surface area (Å²) in [5.41, 5.74) is -0.0451. The van der Waals surface area contributed by atoms with Gasteiger partial charge in [0.15, 0.2) is 5.75 Å². The molecular formula is C10H11ClN2O3. The van der Waals surface area contributed by atoms with E-state index in [2.05, 4.69) is 5.32 Å². The van der Waals surface area contributed by atoms with E-state index in [0.717, 1.165) is 13.0 Å². The minimum Gasteiger partial charge on any atom is -0.482 e. The van der Waals surface area contributed by atoms with Crippen LogP contribution < -0.4 is 10.1 Å². The average molecular weight is 243 g/mol. The van der Waals surface area contributed by atoms with Gasteiger partial charge in [0.25, 0.3) is 0 Å². The fourth-order valence-electron chi connectivity index (χ4n) is 1.64. The predicted octanol–water partition coefficient (Wildman–Crippen LogP) is 1.99. The molecule has 6 heteroatoms.